The van der Waals surface area contributed by atoms with E-state index in [2.05, 4.69) is 62.5 Å². The van der Waals surface area contributed by atoms with Crippen LogP contribution >= 0.6 is 0 Å². The van der Waals surface area contributed by atoms with Crippen LogP contribution in [0.4, 0.5) is 0 Å². The topological polar surface area (TPSA) is 99.0 Å². The van der Waals surface area contributed by atoms with Crippen molar-refractivity contribution in [1.82, 2.24) is 29.9 Å². The van der Waals surface area contributed by atoms with Gasteiger partial charge in [-0.25, -0.2) is 0 Å². The second kappa shape index (κ2) is 7.81. The molecule has 5 aromatic rings. The summed E-state index contributed by atoms with van der Waals surface area (Å²) in [6.45, 7) is 3.21. The molecule has 7 nitrogen and oxygen atoms in total. The molecule has 2 N–H and O–H groups in total. The van der Waals surface area contributed by atoms with Gasteiger partial charge >= 0.3 is 175 Å². The summed E-state index contributed by atoms with van der Waals surface area (Å²) in [7, 11) is 0. The molecule has 2 aromatic carbocycles. The maximum atomic E-state index is 9.09. The van der Waals surface area contributed by atoms with Crippen molar-refractivity contribution in [2.45, 2.75) is 23.4 Å². The Labute approximate surface area is 179 Å². The molecular weight excluding hydrogens is 437 g/mol. The monoisotopic (exact) mass is 456 g/mol. The Morgan fingerprint density at radius 1 is 1.17 bits per heavy atom. The van der Waals surface area contributed by atoms with Gasteiger partial charge in [0, 0.05) is 0 Å². The molecule has 3 heterocycles. The van der Waals surface area contributed by atoms with Crippen LogP contribution in [0.5, 0.6) is 0 Å². The van der Waals surface area contributed by atoms with Crippen LogP contribution < -0.4 is 0 Å². The zero-order valence-corrected chi connectivity index (χ0v) is 18.2. The molecule has 0 aliphatic carbocycles. The number of aromatic nitrogens is 6. The third-order valence-electron chi connectivity index (χ3n) is 5.14. The molecule has 30 heavy (non-hydrogen) atoms. The predicted molar refractivity (Wildman–Crippen MR) is 117 cm³/mol. The summed E-state index contributed by atoms with van der Waals surface area (Å²) in [6.07, 6.45) is 3.37. The van der Waals surface area contributed by atoms with Crippen LogP contribution in [0.15, 0.2) is 55.1 Å². The van der Waals surface area contributed by atoms with E-state index in [1.165, 1.54) is 10.9 Å². The van der Waals surface area contributed by atoms with Gasteiger partial charge in [0.15, 0.2) is 0 Å². The molecule has 0 amide bonds. The van der Waals surface area contributed by atoms with Crippen molar-refractivity contribution in [3.05, 3.63) is 66.2 Å². The SMILES string of the molecule is CC(Cn1cncn1)[As]Cc1ccc2[nH]c(-c3n[nH]c4cc(C#N)ccc34)cc2c1. The van der Waals surface area contributed by atoms with Gasteiger partial charge in [0.1, 0.15) is 0 Å². The average molecular weight is 456 g/mol. The van der Waals surface area contributed by atoms with Crippen molar-refractivity contribution < 1.29 is 0 Å². The number of H-pyrrole nitrogens is 2. The normalized spacial score (nSPS) is 12.8. The minimum atomic E-state index is 0.177. The molecule has 0 aliphatic rings. The van der Waals surface area contributed by atoms with E-state index in [4.69, 9.17) is 5.26 Å². The van der Waals surface area contributed by atoms with E-state index in [-0.39, 0.29) is 15.8 Å². The van der Waals surface area contributed by atoms with Gasteiger partial charge in [0.25, 0.3) is 0 Å². The van der Waals surface area contributed by atoms with Crippen LogP contribution in [0, 0.1) is 11.3 Å². The molecule has 1 atom stereocenters. The molecule has 1 radical (unpaired) electrons. The maximum absolute atomic E-state index is 9.09. The molecular formula is C22H19AsN7. The Morgan fingerprint density at radius 2 is 2.10 bits per heavy atom. The van der Waals surface area contributed by atoms with Crippen LogP contribution in [0.25, 0.3) is 33.2 Å². The predicted octanol–water partition coefficient (Wildman–Crippen LogP) is 3.89. The number of nitriles is 1. The first-order valence-electron chi connectivity index (χ1n) is 9.69. The summed E-state index contributed by atoms with van der Waals surface area (Å²) >= 11 is 0.177. The summed E-state index contributed by atoms with van der Waals surface area (Å²) in [6, 6.07) is 16.6. The Bertz CT molecular complexity index is 1360. The van der Waals surface area contributed by atoms with Crippen LogP contribution in [0.1, 0.15) is 18.1 Å². The zero-order valence-electron chi connectivity index (χ0n) is 16.4. The third kappa shape index (κ3) is 3.62. The van der Waals surface area contributed by atoms with E-state index >= 15 is 0 Å². The number of rotatable bonds is 6. The number of nitrogens with zero attached hydrogens (tertiary/aromatic N) is 5. The van der Waals surface area contributed by atoms with Gasteiger partial charge in [0.2, 0.25) is 0 Å². The van der Waals surface area contributed by atoms with Gasteiger partial charge in [-0.1, -0.05) is 0 Å². The second-order valence-corrected chi connectivity index (χ2v) is 10.6. The zero-order chi connectivity index (χ0) is 20.5. The van der Waals surface area contributed by atoms with E-state index in [1.54, 1.807) is 12.7 Å². The van der Waals surface area contributed by atoms with E-state index in [0.717, 1.165) is 39.6 Å². The standard InChI is InChI=1S/C22H19AsN7/c1-14(11-30-13-25-12-26-30)23-9-15-3-5-19-17(6-15)8-21(27-19)22-18-4-2-16(10-24)7-20(18)28-29-22/h2-8,12-14,27H,9,11H2,1H3,(H,28,29). The van der Waals surface area contributed by atoms with E-state index < -0.39 is 0 Å². The Kier molecular flexibility index (Phi) is 4.86. The number of hydrogen-bond donors (Lipinski definition) is 2. The average Bonchev–Trinajstić information content (AvgIpc) is 3.50. The molecule has 1 unspecified atom stereocenters. The summed E-state index contributed by atoms with van der Waals surface area (Å²) in [5.41, 5.74) is 5.81. The molecule has 0 saturated heterocycles. The summed E-state index contributed by atoms with van der Waals surface area (Å²) in [4.78, 5) is 7.50. The molecule has 0 bridgehead atoms. The van der Waals surface area contributed by atoms with E-state index in [9.17, 15) is 0 Å². The molecule has 0 fully saturated rings. The van der Waals surface area contributed by atoms with Crippen molar-refractivity contribution in [3.63, 3.8) is 0 Å². The molecule has 5 rings (SSSR count). The number of aromatic amines is 2. The van der Waals surface area contributed by atoms with Gasteiger partial charge in [-0.3, -0.25) is 0 Å². The number of nitrogens with one attached hydrogen (secondary N) is 2. The fraction of sp³-hybridized carbons (Fsp3) is 0.182. The van der Waals surface area contributed by atoms with Gasteiger partial charge in [-0.2, -0.15) is 5.26 Å². The van der Waals surface area contributed by atoms with Gasteiger partial charge < -0.3 is 0 Å². The summed E-state index contributed by atoms with van der Waals surface area (Å²) in [5.74, 6) is 0. The van der Waals surface area contributed by atoms with Crippen molar-refractivity contribution in [1.29, 1.82) is 5.26 Å². The van der Waals surface area contributed by atoms with Crippen LogP contribution in [0.2, 0.25) is 4.71 Å². The van der Waals surface area contributed by atoms with Crippen molar-refractivity contribution in [2.24, 2.45) is 0 Å². The first-order chi connectivity index (χ1) is 14.7. The first kappa shape index (κ1) is 18.7. The Balaban J connectivity index is 1.36. The fourth-order valence-electron chi connectivity index (χ4n) is 3.62. The Hall–Kier alpha value is -3.36. The molecule has 3 aromatic heterocycles. The van der Waals surface area contributed by atoms with E-state index in [0.29, 0.717) is 10.3 Å². The molecule has 147 valence electrons. The number of fused-ring (bicyclic) bond motifs is 2. The number of hydrogen-bond acceptors (Lipinski definition) is 4. The summed E-state index contributed by atoms with van der Waals surface area (Å²) in [5, 5.41) is 24.1. The quantitative estimate of drug-likeness (QED) is 0.379. The van der Waals surface area contributed by atoms with Crippen LogP contribution in [-0.2, 0) is 11.8 Å². The van der Waals surface area contributed by atoms with Crippen molar-refractivity contribution in [2.75, 3.05) is 0 Å². The van der Waals surface area contributed by atoms with Gasteiger partial charge in [0.05, 0.1) is 0 Å². The van der Waals surface area contributed by atoms with Crippen molar-refractivity contribution in [3.8, 4) is 17.5 Å². The van der Waals surface area contributed by atoms with Crippen LogP contribution in [-0.4, -0.2) is 45.7 Å². The fourth-order valence-corrected chi connectivity index (χ4v) is 5.72. The minimum absolute atomic E-state index is 0.177. The molecule has 8 heteroatoms. The van der Waals surface area contributed by atoms with Gasteiger partial charge in [-0.15, -0.1) is 0 Å². The molecule has 0 spiro atoms. The van der Waals surface area contributed by atoms with Gasteiger partial charge in [-0.05, 0) is 0 Å². The number of benzene rings is 2. The second-order valence-electron chi connectivity index (χ2n) is 7.36. The summed E-state index contributed by atoms with van der Waals surface area (Å²) < 4.78 is 2.53. The van der Waals surface area contributed by atoms with E-state index in [1.807, 2.05) is 22.9 Å². The molecule has 0 saturated carbocycles. The first-order valence-corrected chi connectivity index (χ1v) is 12.1. The Morgan fingerprint density at radius 3 is 2.93 bits per heavy atom. The van der Waals surface area contributed by atoms with Crippen molar-refractivity contribution >= 4 is 37.6 Å². The third-order valence-corrected chi connectivity index (χ3v) is 7.94. The van der Waals surface area contributed by atoms with Crippen LogP contribution in [0.3, 0.4) is 0 Å². The molecule has 0 aliphatic heterocycles.